The summed E-state index contributed by atoms with van der Waals surface area (Å²) in [6.45, 7) is 0.403. The van der Waals surface area contributed by atoms with Gasteiger partial charge in [-0.25, -0.2) is 9.79 Å². The molecule has 0 fully saturated rings. The maximum Gasteiger partial charge on any atom is 0.363 e. The SMILES string of the molecule is COc1ccc(C=C2N=C(c3ccco3)OC2=O)cc1OCc1ccccc1. The number of methoxy groups -OCH3 is 1. The van der Waals surface area contributed by atoms with Gasteiger partial charge in [-0.15, -0.1) is 0 Å². The molecule has 1 aliphatic heterocycles. The number of hydrogen-bond acceptors (Lipinski definition) is 6. The summed E-state index contributed by atoms with van der Waals surface area (Å²) < 4.78 is 21.7. The van der Waals surface area contributed by atoms with Crippen molar-refractivity contribution in [3.63, 3.8) is 0 Å². The fraction of sp³-hybridized carbons (Fsp3) is 0.0909. The zero-order valence-corrected chi connectivity index (χ0v) is 15.1. The third-order valence-electron chi connectivity index (χ3n) is 4.08. The molecule has 0 aliphatic carbocycles. The van der Waals surface area contributed by atoms with E-state index in [0.29, 0.717) is 23.9 Å². The van der Waals surface area contributed by atoms with Gasteiger partial charge in [-0.05, 0) is 41.5 Å². The molecule has 2 aromatic carbocycles. The monoisotopic (exact) mass is 375 g/mol. The number of furan rings is 1. The van der Waals surface area contributed by atoms with Gasteiger partial charge >= 0.3 is 5.97 Å². The highest BCUT2D eigenvalue weighted by Gasteiger charge is 2.25. The van der Waals surface area contributed by atoms with Gasteiger partial charge < -0.3 is 18.6 Å². The number of nitrogens with zero attached hydrogens (tertiary/aromatic N) is 1. The Hall–Kier alpha value is -3.80. The fourth-order valence-corrected chi connectivity index (χ4v) is 2.70. The Labute approximate surface area is 161 Å². The van der Waals surface area contributed by atoms with E-state index in [0.717, 1.165) is 11.1 Å². The largest absolute Gasteiger partial charge is 0.493 e. The molecule has 6 heteroatoms. The molecule has 3 aromatic rings. The van der Waals surface area contributed by atoms with E-state index in [1.165, 1.54) is 6.26 Å². The van der Waals surface area contributed by atoms with Crippen LogP contribution in [0.1, 0.15) is 16.9 Å². The first-order chi connectivity index (χ1) is 13.7. The molecule has 0 amide bonds. The highest BCUT2D eigenvalue weighted by atomic mass is 16.6. The third kappa shape index (κ3) is 3.81. The second-order valence-electron chi connectivity index (χ2n) is 6.00. The molecule has 1 aromatic heterocycles. The predicted octanol–water partition coefficient (Wildman–Crippen LogP) is 4.21. The van der Waals surface area contributed by atoms with E-state index in [-0.39, 0.29) is 11.6 Å². The van der Waals surface area contributed by atoms with Gasteiger partial charge in [-0.1, -0.05) is 36.4 Å². The van der Waals surface area contributed by atoms with Crippen LogP contribution in [0.15, 0.2) is 82.0 Å². The minimum atomic E-state index is -0.533. The number of hydrogen-bond donors (Lipinski definition) is 0. The second kappa shape index (κ2) is 7.84. The molecule has 1 aliphatic rings. The van der Waals surface area contributed by atoms with Crippen molar-refractivity contribution >= 4 is 17.9 Å². The number of cyclic esters (lactones) is 1. The Morgan fingerprint density at radius 1 is 1.04 bits per heavy atom. The van der Waals surface area contributed by atoms with Gasteiger partial charge in [0.25, 0.3) is 5.90 Å². The molecule has 2 heterocycles. The minimum Gasteiger partial charge on any atom is -0.493 e. The lowest BCUT2D eigenvalue weighted by Gasteiger charge is -2.11. The van der Waals surface area contributed by atoms with E-state index in [1.54, 1.807) is 37.5 Å². The lowest BCUT2D eigenvalue weighted by atomic mass is 10.1. The Balaban J connectivity index is 1.58. The predicted molar refractivity (Wildman–Crippen MR) is 103 cm³/mol. The Bertz CT molecular complexity index is 1040. The van der Waals surface area contributed by atoms with Crippen molar-refractivity contribution in [1.29, 1.82) is 0 Å². The van der Waals surface area contributed by atoms with Gasteiger partial charge in [-0.3, -0.25) is 0 Å². The Morgan fingerprint density at radius 2 is 1.89 bits per heavy atom. The number of rotatable bonds is 6. The van der Waals surface area contributed by atoms with Crippen molar-refractivity contribution in [3.05, 3.63) is 89.5 Å². The first kappa shape index (κ1) is 17.6. The minimum absolute atomic E-state index is 0.148. The highest BCUT2D eigenvalue weighted by Crippen LogP contribution is 2.30. The van der Waals surface area contributed by atoms with Gasteiger partial charge in [0.1, 0.15) is 6.61 Å². The number of carbonyl (C=O) groups excluding carboxylic acids is 1. The molecule has 0 unspecified atom stereocenters. The Kier molecular flexibility index (Phi) is 4.93. The molecule has 28 heavy (non-hydrogen) atoms. The van der Waals surface area contributed by atoms with Crippen LogP contribution in [-0.2, 0) is 16.1 Å². The van der Waals surface area contributed by atoms with Crippen LogP contribution >= 0.6 is 0 Å². The number of esters is 1. The molecule has 0 bridgehead atoms. The van der Waals surface area contributed by atoms with Gasteiger partial charge in [0.2, 0.25) is 0 Å². The van der Waals surface area contributed by atoms with Crippen molar-refractivity contribution in [3.8, 4) is 11.5 Å². The lowest BCUT2D eigenvalue weighted by molar-refractivity contribution is -0.130. The third-order valence-corrected chi connectivity index (χ3v) is 4.08. The maximum absolute atomic E-state index is 12.1. The second-order valence-corrected chi connectivity index (χ2v) is 6.00. The molecule has 6 nitrogen and oxygen atoms in total. The average Bonchev–Trinajstić information content (AvgIpc) is 3.38. The molecular formula is C22H17NO5. The van der Waals surface area contributed by atoms with E-state index >= 15 is 0 Å². The van der Waals surface area contributed by atoms with Crippen LogP contribution in [0.5, 0.6) is 11.5 Å². The summed E-state index contributed by atoms with van der Waals surface area (Å²) in [7, 11) is 1.58. The zero-order chi connectivity index (χ0) is 19.3. The van der Waals surface area contributed by atoms with E-state index in [2.05, 4.69) is 4.99 Å². The normalized spacial score (nSPS) is 14.7. The van der Waals surface area contributed by atoms with Crippen molar-refractivity contribution in [2.24, 2.45) is 4.99 Å². The number of ether oxygens (including phenoxy) is 3. The number of benzene rings is 2. The zero-order valence-electron chi connectivity index (χ0n) is 15.1. The standard InChI is InChI=1S/C22H17NO5/c1-25-18-10-9-16(13-20(18)27-14-15-6-3-2-4-7-15)12-17-22(24)28-21(23-17)19-8-5-11-26-19/h2-13H,14H2,1H3. The first-order valence-corrected chi connectivity index (χ1v) is 8.64. The molecule has 0 radical (unpaired) electrons. The highest BCUT2D eigenvalue weighted by molar-refractivity contribution is 6.11. The molecule has 4 rings (SSSR count). The topological polar surface area (TPSA) is 70.3 Å². The van der Waals surface area contributed by atoms with E-state index in [1.807, 2.05) is 36.4 Å². The molecule has 0 saturated heterocycles. The van der Waals surface area contributed by atoms with Crippen LogP contribution in [0.4, 0.5) is 0 Å². The van der Waals surface area contributed by atoms with Crippen LogP contribution in [0.25, 0.3) is 6.08 Å². The molecule has 0 spiro atoms. The number of aliphatic imine (C=N–C) groups is 1. The lowest BCUT2D eigenvalue weighted by Crippen LogP contribution is -2.04. The van der Waals surface area contributed by atoms with E-state index in [4.69, 9.17) is 18.6 Å². The van der Waals surface area contributed by atoms with Crippen molar-refractivity contribution in [2.45, 2.75) is 6.61 Å². The summed E-state index contributed by atoms with van der Waals surface area (Å²) in [5, 5.41) is 0. The summed E-state index contributed by atoms with van der Waals surface area (Å²) >= 11 is 0. The quantitative estimate of drug-likeness (QED) is 0.477. The van der Waals surface area contributed by atoms with Crippen LogP contribution in [0.2, 0.25) is 0 Å². The molecule has 0 atom stereocenters. The number of carbonyl (C=O) groups is 1. The van der Waals surface area contributed by atoms with Gasteiger partial charge in [0.15, 0.2) is 23.0 Å². The Morgan fingerprint density at radius 3 is 2.64 bits per heavy atom. The molecular weight excluding hydrogens is 358 g/mol. The van der Waals surface area contributed by atoms with Crippen LogP contribution in [0, 0.1) is 0 Å². The molecule has 0 N–H and O–H groups in total. The van der Waals surface area contributed by atoms with Crippen LogP contribution < -0.4 is 9.47 Å². The van der Waals surface area contributed by atoms with Crippen molar-refractivity contribution in [1.82, 2.24) is 0 Å². The first-order valence-electron chi connectivity index (χ1n) is 8.64. The average molecular weight is 375 g/mol. The van der Waals surface area contributed by atoms with Crippen molar-refractivity contribution < 1.29 is 23.4 Å². The van der Waals surface area contributed by atoms with Gasteiger partial charge in [0, 0.05) is 0 Å². The van der Waals surface area contributed by atoms with Crippen LogP contribution in [0.3, 0.4) is 0 Å². The summed E-state index contributed by atoms with van der Waals surface area (Å²) in [5.41, 5.74) is 1.96. The van der Waals surface area contributed by atoms with Gasteiger partial charge in [0.05, 0.1) is 13.4 Å². The maximum atomic E-state index is 12.1. The van der Waals surface area contributed by atoms with Gasteiger partial charge in [-0.2, -0.15) is 0 Å². The fourth-order valence-electron chi connectivity index (χ4n) is 2.70. The summed E-state index contributed by atoms with van der Waals surface area (Å²) in [6.07, 6.45) is 3.13. The van der Waals surface area contributed by atoms with E-state index < -0.39 is 5.97 Å². The smallest absolute Gasteiger partial charge is 0.363 e. The van der Waals surface area contributed by atoms with E-state index in [9.17, 15) is 4.79 Å². The summed E-state index contributed by atoms with van der Waals surface area (Å²) in [4.78, 5) is 16.3. The molecule has 140 valence electrons. The summed E-state index contributed by atoms with van der Waals surface area (Å²) in [5.74, 6) is 1.19. The van der Waals surface area contributed by atoms with Crippen molar-refractivity contribution in [2.75, 3.05) is 7.11 Å². The summed E-state index contributed by atoms with van der Waals surface area (Å²) in [6, 6.07) is 18.6. The van der Waals surface area contributed by atoms with Crippen LogP contribution in [-0.4, -0.2) is 19.0 Å². The molecule has 0 saturated carbocycles.